The summed E-state index contributed by atoms with van der Waals surface area (Å²) in [6.45, 7) is 6.20. The molecule has 0 saturated heterocycles. The summed E-state index contributed by atoms with van der Waals surface area (Å²) in [5, 5.41) is 7.30. The van der Waals surface area contributed by atoms with Crippen LogP contribution in [0.2, 0.25) is 0 Å². The molecule has 3 nitrogen and oxygen atoms in total. The van der Waals surface area contributed by atoms with Crippen LogP contribution in [0.3, 0.4) is 0 Å². The Morgan fingerprint density at radius 1 is 1.09 bits per heavy atom. The van der Waals surface area contributed by atoms with E-state index in [1.54, 1.807) is 11.3 Å². The van der Waals surface area contributed by atoms with Gasteiger partial charge in [-0.25, -0.2) is 4.98 Å². The van der Waals surface area contributed by atoms with E-state index in [-0.39, 0.29) is 0 Å². The monoisotopic (exact) mass is 321 g/mol. The van der Waals surface area contributed by atoms with Crippen molar-refractivity contribution in [2.45, 2.75) is 20.8 Å². The van der Waals surface area contributed by atoms with Crippen LogP contribution in [0.5, 0.6) is 0 Å². The van der Waals surface area contributed by atoms with Crippen LogP contribution in [0.4, 0.5) is 5.13 Å². The highest BCUT2D eigenvalue weighted by Gasteiger charge is 2.07. The van der Waals surface area contributed by atoms with Crippen molar-refractivity contribution in [2.24, 2.45) is 5.10 Å². The lowest BCUT2D eigenvalue weighted by Crippen LogP contribution is -1.99. The maximum Gasteiger partial charge on any atom is 0.203 e. The van der Waals surface area contributed by atoms with Gasteiger partial charge in [0.2, 0.25) is 5.13 Å². The van der Waals surface area contributed by atoms with E-state index < -0.39 is 0 Å². The van der Waals surface area contributed by atoms with Crippen molar-refractivity contribution in [1.82, 2.24) is 4.98 Å². The summed E-state index contributed by atoms with van der Waals surface area (Å²) in [4.78, 5) is 4.65. The number of nitrogens with zero attached hydrogens (tertiary/aromatic N) is 2. The summed E-state index contributed by atoms with van der Waals surface area (Å²) in [7, 11) is 0. The average Bonchev–Trinajstić information content (AvgIpc) is 3.04. The van der Waals surface area contributed by atoms with Gasteiger partial charge in [0.15, 0.2) is 0 Å². The van der Waals surface area contributed by atoms with Crippen molar-refractivity contribution in [3.05, 3.63) is 70.6 Å². The first-order valence-corrected chi connectivity index (χ1v) is 8.40. The zero-order valence-electron chi connectivity index (χ0n) is 13.5. The van der Waals surface area contributed by atoms with Crippen LogP contribution in [0.1, 0.15) is 23.6 Å². The lowest BCUT2D eigenvalue weighted by molar-refractivity contribution is 1.26. The number of anilines is 1. The third-order valence-electron chi connectivity index (χ3n) is 3.68. The molecule has 0 atom stereocenters. The van der Waals surface area contributed by atoms with Gasteiger partial charge in [-0.15, -0.1) is 11.3 Å². The normalized spacial score (nSPS) is 11.5. The van der Waals surface area contributed by atoms with Crippen molar-refractivity contribution >= 4 is 22.2 Å². The molecular weight excluding hydrogens is 302 g/mol. The molecule has 0 spiro atoms. The maximum atomic E-state index is 4.65. The smallest absolute Gasteiger partial charge is 0.203 e. The molecule has 0 saturated carbocycles. The van der Waals surface area contributed by atoms with E-state index in [0.29, 0.717) is 0 Å². The molecule has 1 heterocycles. The zero-order chi connectivity index (χ0) is 16.2. The van der Waals surface area contributed by atoms with Crippen LogP contribution >= 0.6 is 11.3 Å². The fourth-order valence-electron chi connectivity index (χ4n) is 2.34. The Kier molecular flexibility index (Phi) is 4.53. The van der Waals surface area contributed by atoms with E-state index in [2.05, 4.69) is 52.9 Å². The highest BCUT2D eigenvalue weighted by molar-refractivity contribution is 7.14. The number of aromatic nitrogens is 1. The molecule has 0 unspecified atom stereocenters. The van der Waals surface area contributed by atoms with Crippen LogP contribution in [0.25, 0.3) is 11.3 Å². The summed E-state index contributed by atoms with van der Waals surface area (Å²) in [5.41, 5.74) is 9.75. The molecule has 0 aliphatic carbocycles. The van der Waals surface area contributed by atoms with Crippen molar-refractivity contribution in [3.63, 3.8) is 0 Å². The summed E-state index contributed by atoms with van der Waals surface area (Å²) in [6, 6.07) is 16.5. The third-order valence-corrected chi connectivity index (χ3v) is 4.43. The fraction of sp³-hybridized carbons (Fsp3) is 0.158. The number of rotatable bonds is 4. The lowest BCUT2D eigenvalue weighted by atomic mass is 10.0. The van der Waals surface area contributed by atoms with Gasteiger partial charge in [0.05, 0.1) is 11.4 Å². The molecule has 3 rings (SSSR count). The first kappa shape index (κ1) is 15.4. The van der Waals surface area contributed by atoms with E-state index in [9.17, 15) is 0 Å². The summed E-state index contributed by atoms with van der Waals surface area (Å²) >= 11 is 1.57. The third kappa shape index (κ3) is 3.66. The number of hydrazone groups is 1. The van der Waals surface area contributed by atoms with E-state index in [1.807, 2.05) is 37.3 Å². The van der Waals surface area contributed by atoms with E-state index >= 15 is 0 Å². The van der Waals surface area contributed by atoms with Crippen LogP contribution in [0.15, 0.2) is 59.0 Å². The number of thiazole rings is 1. The number of aryl methyl sites for hydroxylation is 2. The predicted octanol–water partition coefficient (Wildman–Crippen LogP) is 5.26. The number of nitrogens with one attached hydrogen (secondary N) is 1. The molecule has 2 aromatic carbocycles. The Bertz CT molecular complexity index is 835. The average molecular weight is 321 g/mol. The number of hydrogen-bond acceptors (Lipinski definition) is 4. The van der Waals surface area contributed by atoms with Gasteiger partial charge in [-0.05, 0) is 38.0 Å². The first-order chi connectivity index (χ1) is 11.1. The minimum atomic E-state index is 0.802. The lowest BCUT2D eigenvalue weighted by Gasteiger charge is -2.04. The molecule has 0 aliphatic heterocycles. The summed E-state index contributed by atoms with van der Waals surface area (Å²) in [6.07, 6.45) is 0. The molecule has 0 fully saturated rings. The van der Waals surface area contributed by atoms with Gasteiger partial charge in [0.25, 0.3) is 0 Å². The Balaban J connectivity index is 1.79. The van der Waals surface area contributed by atoms with Crippen LogP contribution in [0, 0.1) is 13.8 Å². The minimum Gasteiger partial charge on any atom is -0.252 e. The Morgan fingerprint density at radius 3 is 2.65 bits per heavy atom. The molecule has 1 aromatic heterocycles. The van der Waals surface area contributed by atoms with Crippen molar-refractivity contribution in [3.8, 4) is 11.3 Å². The van der Waals surface area contributed by atoms with E-state index in [0.717, 1.165) is 22.1 Å². The molecular formula is C19H19N3S. The molecule has 4 heteroatoms. The Hall–Kier alpha value is -2.46. The van der Waals surface area contributed by atoms with Gasteiger partial charge in [0.1, 0.15) is 0 Å². The maximum absolute atomic E-state index is 4.65. The highest BCUT2D eigenvalue weighted by Crippen LogP contribution is 2.28. The second-order valence-electron chi connectivity index (χ2n) is 5.53. The largest absolute Gasteiger partial charge is 0.252 e. The minimum absolute atomic E-state index is 0.802. The second kappa shape index (κ2) is 6.75. The molecule has 116 valence electrons. The SMILES string of the molecule is CC(=NNc1nc(-c2cc(C)ccc2C)cs1)c1ccccc1. The second-order valence-corrected chi connectivity index (χ2v) is 6.39. The molecule has 1 N–H and O–H groups in total. The van der Waals surface area contributed by atoms with Gasteiger partial charge >= 0.3 is 0 Å². The predicted molar refractivity (Wildman–Crippen MR) is 99.3 cm³/mol. The Morgan fingerprint density at radius 2 is 1.87 bits per heavy atom. The van der Waals surface area contributed by atoms with Crippen molar-refractivity contribution < 1.29 is 0 Å². The Labute approximate surface area is 140 Å². The molecule has 0 radical (unpaired) electrons. The van der Waals surface area contributed by atoms with Gasteiger partial charge in [0, 0.05) is 10.9 Å². The fourth-order valence-corrected chi connectivity index (χ4v) is 2.99. The first-order valence-electron chi connectivity index (χ1n) is 7.52. The topological polar surface area (TPSA) is 37.3 Å². The van der Waals surface area contributed by atoms with Gasteiger partial charge in [-0.3, -0.25) is 5.43 Å². The quantitative estimate of drug-likeness (QED) is 0.525. The highest BCUT2D eigenvalue weighted by atomic mass is 32.1. The molecule has 3 aromatic rings. The van der Waals surface area contributed by atoms with Crippen molar-refractivity contribution in [2.75, 3.05) is 5.43 Å². The van der Waals surface area contributed by atoms with Gasteiger partial charge in [-0.1, -0.05) is 48.0 Å². The van der Waals surface area contributed by atoms with Crippen LogP contribution in [-0.4, -0.2) is 10.7 Å². The van der Waals surface area contributed by atoms with Crippen LogP contribution in [-0.2, 0) is 0 Å². The van der Waals surface area contributed by atoms with Crippen LogP contribution < -0.4 is 5.43 Å². The molecule has 23 heavy (non-hydrogen) atoms. The molecule has 0 aliphatic rings. The standard InChI is InChI=1S/C19H19N3S/c1-13-9-10-14(2)17(11-13)18-12-23-19(20-18)22-21-15(3)16-7-5-4-6-8-16/h4-12H,1-3H3,(H,20,22). The van der Waals surface area contributed by atoms with Gasteiger partial charge < -0.3 is 0 Å². The summed E-state index contributed by atoms with van der Waals surface area (Å²) in [5.74, 6) is 0. The zero-order valence-corrected chi connectivity index (χ0v) is 14.3. The van der Waals surface area contributed by atoms with Crippen molar-refractivity contribution in [1.29, 1.82) is 0 Å². The number of benzene rings is 2. The molecule has 0 amide bonds. The molecule has 0 bridgehead atoms. The summed E-state index contributed by atoms with van der Waals surface area (Å²) < 4.78 is 0. The van der Waals surface area contributed by atoms with E-state index in [4.69, 9.17) is 0 Å². The van der Waals surface area contributed by atoms with Gasteiger partial charge in [-0.2, -0.15) is 5.10 Å². The van der Waals surface area contributed by atoms with E-state index in [1.165, 1.54) is 16.7 Å². The number of hydrogen-bond donors (Lipinski definition) is 1.